The van der Waals surface area contributed by atoms with E-state index in [4.69, 9.17) is 5.73 Å². The average molecular weight is 305 g/mol. The number of hydrogen-bond acceptors (Lipinski definition) is 3. The monoisotopic (exact) mass is 305 g/mol. The highest BCUT2D eigenvalue weighted by molar-refractivity contribution is 14.1. The molecule has 1 rings (SSSR count). The molecule has 0 saturated carbocycles. The standard InChI is InChI=1S/C10H12INO2/c1-5(2)9(13)6-3-7(11)10(14)8(12)4-6/h3-5,14H,12H2,1-2H3. The zero-order chi connectivity index (χ0) is 10.9. The van der Waals surface area contributed by atoms with Gasteiger partial charge in [0, 0.05) is 11.5 Å². The number of aromatic hydroxyl groups is 1. The molecule has 0 atom stereocenters. The Labute approximate surface area is 96.4 Å². The Balaban J connectivity index is 3.19. The van der Waals surface area contributed by atoms with Gasteiger partial charge in [-0.3, -0.25) is 4.79 Å². The lowest BCUT2D eigenvalue weighted by atomic mass is 10.0. The average Bonchev–Trinajstić information content (AvgIpc) is 2.12. The van der Waals surface area contributed by atoms with Crippen LogP contribution < -0.4 is 5.73 Å². The molecule has 0 aliphatic rings. The van der Waals surface area contributed by atoms with Crippen molar-refractivity contribution in [1.29, 1.82) is 0 Å². The first kappa shape index (κ1) is 11.3. The Morgan fingerprint density at radius 1 is 1.50 bits per heavy atom. The van der Waals surface area contributed by atoms with Crippen molar-refractivity contribution in [1.82, 2.24) is 0 Å². The van der Waals surface area contributed by atoms with Crippen molar-refractivity contribution in [3.8, 4) is 5.75 Å². The number of ketones is 1. The molecule has 0 bridgehead atoms. The number of nitrogens with two attached hydrogens (primary N) is 1. The van der Waals surface area contributed by atoms with Gasteiger partial charge in [-0.05, 0) is 34.7 Å². The van der Waals surface area contributed by atoms with E-state index in [1.165, 1.54) is 6.07 Å². The Kier molecular flexibility index (Phi) is 3.36. The Hall–Kier alpha value is -0.780. The third-order valence-electron chi connectivity index (χ3n) is 1.90. The highest BCUT2D eigenvalue weighted by Crippen LogP contribution is 2.28. The number of hydrogen-bond donors (Lipinski definition) is 2. The maximum Gasteiger partial charge on any atom is 0.165 e. The van der Waals surface area contributed by atoms with Gasteiger partial charge in [0.1, 0.15) is 0 Å². The molecule has 0 unspecified atom stereocenters. The second-order valence-corrected chi connectivity index (χ2v) is 4.58. The summed E-state index contributed by atoms with van der Waals surface area (Å²) in [5, 5.41) is 9.41. The number of phenolic OH excluding ortho intramolecular Hbond substituents is 1. The third-order valence-corrected chi connectivity index (χ3v) is 2.72. The van der Waals surface area contributed by atoms with E-state index in [2.05, 4.69) is 0 Å². The molecule has 1 aromatic rings. The van der Waals surface area contributed by atoms with E-state index in [1.54, 1.807) is 6.07 Å². The predicted octanol–water partition coefficient (Wildman–Crippen LogP) is 2.42. The summed E-state index contributed by atoms with van der Waals surface area (Å²) in [6.07, 6.45) is 0. The van der Waals surface area contributed by atoms with Crippen molar-refractivity contribution in [2.45, 2.75) is 13.8 Å². The van der Waals surface area contributed by atoms with E-state index in [0.29, 0.717) is 9.13 Å². The van der Waals surface area contributed by atoms with Gasteiger partial charge >= 0.3 is 0 Å². The Morgan fingerprint density at radius 3 is 2.50 bits per heavy atom. The van der Waals surface area contributed by atoms with Crippen molar-refractivity contribution in [3.05, 3.63) is 21.3 Å². The van der Waals surface area contributed by atoms with E-state index in [-0.39, 0.29) is 23.1 Å². The molecule has 14 heavy (non-hydrogen) atoms. The highest BCUT2D eigenvalue weighted by Gasteiger charge is 2.13. The van der Waals surface area contributed by atoms with Gasteiger partial charge in [-0.2, -0.15) is 0 Å². The number of nitrogen functional groups attached to an aromatic ring is 1. The van der Waals surface area contributed by atoms with Crippen LogP contribution in [-0.2, 0) is 0 Å². The predicted molar refractivity (Wildman–Crippen MR) is 64.4 cm³/mol. The van der Waals surface area contributed by atoms with E-state index < -0.39 is 0 Å². The van der Waals surface area contributed by atoms with Gasteiger partial charge in [-0.1, -0.05) is 13.8 Å². The number of Topliss-reactive ketones (excluding diaryl/α,β-unsaturated/α-hetero) is 1. The SMILES string of the molecule is CC(C)C(=O)c1cc(N)c(O)c(I)c1. The van der Waals surface area contributed by atoms with Crippen LogP contribution >= 0.6 is 22.6 Å². The van der Waals surface area contributed by atoms with Gasteiger partial charge in [-0.15, -0.1) is 0 Å². The maximum absolute atomic E-state index is 11.6. The fourth-order valence-electron chi connectivity index (χ4n) is 1.10. The fraction of sp³-hybridized carbons (Fsp3) is 0.300. The highest BCUT2D eigenvalue weighted by atomic mass is 127. The number of anilines is 1. The lowest BCUT2D eigenvalue weighted by Gasteiger charge is -2.07. The number of rotatable bonds is 2. The van der Waals surface area contributed by atoms with Crippen molar-refractivity contribution < 1.29 is 9.90 Å². The van der Waals surface area contributed by atoms with Gasteiger partial charge < -0.3 is 10.8 Å². The molecule has 0 radical (unpaired) electrons. The van der Waals surface area contributed by atoms with E-state index >= 15 is 0 Å². The minimum absolute atomic E-state index is 0.0367. The molecule has 0 heterocycles. The lowest BCUT2D eigenvalue weighted by Crippen LogP contribution is -2.08. The summed E-state index contributed by atoms with van der Waals surface area (Å²) in [7, 11) is 0. The quantitative estimate of drug-likeness (QED) is 0.382. The molecule has 0 aliphatic heterocycles. The molecule has 0 amide bonds. The smallest absolute Gasteiger partial charge is 0.165 e. The van der Waals surface area contributed by atoms with Crippen LogP contribution in [0.4, 0.5) is 5.69 Å². The maximum atomic E-state index is 11.6. The molecule has 0 fully saturated rings. The number of benzene rings is 1. The van der Waals surface area contributed by atoms with E-state index in [1.807, 2.05) is 36.4 Å². The third kappa shape index (κ3) is 2.17. The van der Waals surface area contributed by atoms with E-state index in [0.717, 1.165) is 0 Å². The first-order valence-corrected chi connectivity index (χ1v) is 5.33. The zero-order valence-corrected chi connectivity index (χ0v) is 10.2. The first-order chi connectivity index (χ1) is 6.43. The van der Waals surface area contributed by atoms with Crippen molar-refractivity contribution in [3.63, 3.8) is 0 Å². The van der Waals surface area contributed by atoms with Crippen LogP contribution in [0.3, 0.4) is 0 Å². The molecule has 1 aromatic carbocycles. The topological polar surface area (TPSA) is 63.3 Å². The summed E-state index contributed by atoms with van der Waals surface area (Å²) in [5.74, 6) is 0.0234. The van der Waals surface area contributed by atoms with Crippen LogP contribution in [0, 0.1) is 9.49 Å². The molecule has 0 aromatic heterocycles. The number of phenols is 1. The van der Waals surface area contributed by atoms with Crippen molar-refractivity contribution >= 4 is 34.1 Å². The van der Waals surface area contributed by atoms with E-state index in [9.17, 15) is 9.90 Å². The number of carbonyl (C=O) groups is 1. The summed E-state index contributed by atoms with van der Waals surface area (Å²) in [6, 6.07) is 3.16. The summed E-state index contributed by atoms with van der Waals surface area (Å²) in [6.45, 7) is 3.66. The van der Waals surface area contributed by atoms with Gasteiger partial charge in [0.05, 0.1) is 9.26 Å². The molecular formula is C10H12INO2. The summed E-state index contributed by atoms with van der Waals surface area (Å²) >= 11 is 1.95. The van der Waals surface area contributed by atoms with Gasteiger partial charge in [0.25, 0.3) is 0 Å². The van der Waals surface area contributed by atoms with Crippen molar-refractivity contribution in [2.75, 3.05) is 5.73 Å². The molecule has 0 spiro atoms. The summed E-state index contributed by atoms with van der Waals surface area (Å²) < 4.78 is 0.603. The minimum atomic E-state index is -0.0604. The normalized spacial score (nSPS) is 10.6. The van der Waals surface area contributed by atoms with Gasteiger partial charge in [0.2, 0.25) is 0 Å². The van der Waals surface area contributed by atoms with Crippen molar-refractivity contribution in [2.24, 2.45) is 5.92 Å². The fourth-order valence-corrected chi connectivity index (χ4v) is 1.74. The van der Waals surface area contributed by atoms with Crippen LogP contribution in [-0.4, -0.2) is 10.9 Å². The van der Waals surface area contributed by atoms with Gasteiger partial charge in [-0.25, -0.2) is 0 Å². The summed E-state index contributed by atoms with van der Waals surface area (Å²) in [5.41, 5.74) is 6.36. The van der Waals surface area contributed by atoms with Crippen LogP contribution in [0.2, 0.25) is 0 Å². The van der Waals surface area contributed by atoms with Crippen LogP contribution in [0.5, 0.6) is 5.75 Å². The van der Waals surface area contributed by atoms with Crippen LogP contribution in [0.15, 0.2) is 12.1 Å². The molecule has 0 aliphatic carbocycles. The largest absolute Gasteiger partial charge is 0.505 e. The summed E-state index contributed by atoms with van der Waals surface area (Å²) in [4.78, 5) is 11.6. The van der Waals surface area contributed by atoms with Gasteiger partial charge in [0.15, 0.2) is 11.5 Å². The molecule has 76 valence electrons. The Morgan fingerprint density at radius 2 is 2.07 bits per heavy atom. The van der Waals surface area contributed by atoms with Crippen LogP contribution in [0.25, 0.3) is 0 Å². The molecular weight excluding hydrogens is 293 g/mol. The lowest BCUT2D eigenvalue weighted by molar-refractivity contribution is 0.0939. The molecule has 4 heteroatoms. The van der Waals surface area contributed by atoms with Crippen LogP contribution in [0.1, 0.15) is 24.2 Å². The number of halogens is 1. The second kappa shape index (κ2) is 4.16. The molecule has 0 saturated heterocycles. The molecule has 3 N–H and O–H groups in total. The minimum Gasteiger partial charge on any atom is -0.505 e. The number of carbonyl (C=O) groups excluding carboxylic acids is 1. The molecule has 3 nitrogen and oxygen atoms in total. The first-order valence-electron chi connectivity index (χ1n) is 4.25. The zero-order valence-electron chi connectivity index (χ0n) is 8.04. The Bertz CT molecular complexity index is 351. The second-order valence-electron chi connectivity index (χ2n) is 3.41.